The largest absolute Gasteiger partial charge is 0.383 e. The molecule has 2 aliphatic rings. The monoisotopic (exact) mass is 253 g/mol. The summed E-state index contributed by atoms with van der Waals surface area (Å²) in [4.78, 5) is 8.80. The lowest BCUT2D eigenvalue weighted by Crippen LogP contribution is -2.11. The van der Waals surface area contributed by atoms with Crippen LogP contribution in [-0.4, -0.2) is 29.9 Å². The van der Waals surface area contributed by atoms with Crippen molar-refractivity contribution in [2.75, 3.05) is 17.2 Å². The van der Waals surface area contributed by atoms with Gasteiger partial charge in [-0.05, 0) is 25.7 Å². The minimum absolute atomic E-state index is 0.0619. The van der Waals surface area contributed by atoms with Crippen LogP contribution in [0.4, 0.5) is 5.82 Å². The summed E-state index contributed by atoms with van der Waals surface area (Å²) in [6, 6.07) is 0. The lowest BCUT2D eigenvalue weighted by molar-refractivity contribution is 0.601. The number of nitrogen functional groups attached to an aromatic ring is 1. The molecule has 0 aromatic carbocycles. The third-order valence-electron chi connectivity index (χ3n) is 3.58. The zero-order valence-electron chi connectivity index (χ0n) is 9.52. The van der Waals surface area contributed by atoms with Crippen LogP contribution in [0.3, 0.4) is 0 Å². The number of nitrogens with zero attached hydrogens (tertiary/aromatic N) is 2. The van der Waals surface area contributed by atoms with Crippen molar-refractivity contribution in [2.45, 2.75) is 31.6 Å². The second-order valence-electron chi connectivity index (χ2n) is 4.85. The molecule has 1 aliphatic heterocycles. The number of anilines is 1. The van der Waals surface area contributed by atoms with Crippen molar-refractivity contribution in [1.82, 2.24) is 9.97 Å². The molecule has 1 saturated heterocycles. The molecule has 3 rings (SSSR count). The van der Waals surface area contributed by atoms with Gasteiger partial charge < -0.3 is 5.73 Å². The summed E-state index contributed by atoms with van der Waals surface area (Å²) in [6.07, 6.45) is 3.58. The summed E-state index contributed by atoms with van der Waals surface area (Å²) in [5.74, 6) is 1.53. The molecule has 1 unspecified atom stereocenters. The average molecular weight is 253 g/mol. The molecular weight excluding hydrogens is 238 g/mol. The van der Waals surface area contributed by atoms with Gasteiger partial charge in [0.15, 0.2) is 9.84 Å². The second-order valence-corrected chi connectivity index (χ2v) is 7.07. The van der Waals surface area contributed by atoms with E-state index in [1.54, 1.807) is 0 Å². The van der Waals surface area contributed by atoms with Crippen LogP contribution >= 0.6 is 0 Å². The molecule has 1 aliphatic carbocycles. The van der Waals surface area contributed by atoms with Crippen LogP contribution in [0.15, 0.2) is 0 Å². The first kappa shape index (κ1) is 11.0. The maximum atomic E-state index is 11.4. The van der Waals surface area contributed by atoms with Gasteiger partial charge in [0.05, 0.1) is 11.5 Å². The Morgan fingerprint density at radius 3 is 2.76 bits per heavy atom. The Kier molecular flexibility index (Phi) is 2.36. The molecular formula is C11H15N3O2S. The zero-order chi connectivity index (χ0) is 12.0. The number of rotatable bonds is 1. The molecule has 6 heteroatoms. The van der Waals surface area contributed by atoms with Crippen LogP contribution in [0.2, 0.25) is 0 Å². The first-order valence-electron chi connectivity index (χ1n) is 5.91. The molecule has 0 saturated carbocycles. The number of aromatic nitrogens is 2. The molecule has 1 fully saturated rings. The van der Waals surface area contributed by atoms with E-state index in [4.69, 9.17) is 5.73 Å². The van der Waals surface area contributed by atoms with Crippen molar-refractivity contribution >= 4 is 15.7 Å². The second kappa shape index (κ2) is 3.66. The zero-order valence-corrected chi connectivity index (χ0v) is 10.3. The van der Waals surface area contributed by atoms with E-state index in [2.05, 4.69) is 9.97 Å². The Bertz CT molecular complexity index is 568. The van der Waals surface area contributed by atoms with Crippen molar-refractivity contribution in [1.29, 1.82) is 0 Å². The Hall–Kier alpha value is -1.17. The highest BCUT2D eigenvalue weighted by Gasteiger charge is 2.32. The molecule has 0 amide bonds. The fourth-order valence-corrected chi connectivity index (χ4v) is 4.40. The van der Waals surface area contributed by atoms with Crippen molar-refractivity contribution in [3.05, 3.63) is 17.1 Å². The van der Waals surface area contributed by atoms with Crippen molar-refractivity contribution < 1.29 is 8.42 Å². The number of aryl methyl sites for hydroxylation is 1. The molecule has 0 radical (unpaired) electrons. The Labute approximate surface area is 100 Å². The molecule has 1 atom stereocenters. The molecule has 5 nitrogen and oxygen atoms in total. The van der Waals surface area contributed by atoms with Gasteiger partial charge in [-0.25, -0.2) is 18.4 Å². The van der Waals surface area contributed by atoms with Crippen LogP contribution in [0.5, 0.6) is 0 Å². The summed E-state index contributed by atoms with van der Waals surface area (Å²) in [5.41, 5.74) is 8.00. The number of hydrogen-bond acceptors (Lipinski definition) is 5. The highest BCUT2D eigenvalue weighted by atomic mass is 32.2. The smallest absolute Gasteiger partial charge is 0.151 e. The molecule has 2 N–H and O–H groups in total. The molecule has 0 spiro atoms. The molecule has 1 aromatic heterocycles. The minimum atomic E-state index is -2.89. The van der Waals surface area contributed by atoms with E-state index in [-0.39, 0.29) is 17.4 Å². The first-order chi connectivity index (χ1) is 8.05. The Morgan fingerprint density at radius 1 is 1.24 bits per heavy atom. The molecule has 1 aromatic rings. The normalized spacial score (nSPS) is 26.0. The van der Waals surface area contributed by atoms with Gasteiger partial charge in [-0.1, -0.05) is 0 Å². The highest BCUT2D eigenvalue weighted by Crippen LogP contribution is 2.30. The van der Waals surface area contributed by atoms with E-state index in [0.717, 1.165) is 30.5 Å². The summed E-state index contributed by atoms with van der Waals surface area (Å²) in [6.45, 7) is 0. The number of sulfone groups is 1. The number of hydrogen-bond donors (Lipinski definition) is 1. The average Bonchev–Trinajstić information content (AvgIpc) is 2.84. The van der Waals surface area contributed by atoms with E-state index in [0.29, 0.717) is 18.1 Å². The van der Waals surface area contributed by atoms with Crippen LogP contribution in [0.1, 0.15) is 35.8 Å². The van der Waals surface area contributed by atoms with Gasteiger partial charge in [0.2, 0.25) is 0 Å². The standard InChI is InChI=1S/C11H15N3O2S/c12-10-8-2-1-3-9(8)13-11(14-10)7-4-5-17(15,16)6-7/h7H,1-6H2,(H2,12,13,14). The molecule has 17 heavy (non-hydrogen) atoms. The SMILES string of the molecule is Nc1nc(C2CCS(=O)(=O)C2)nc2c1CCC2. The molecule has 92 valence electrons. The maximum Gasteiger partial charge on any atom is 0.151 e. The highest BCUT2D eigenvalue weighted by molar-refractivity contribution is 7.91. The molecule has 0 bridgehead atoms. The van der Waals surface area contributed by atoms with Gasteiger partial charge in [-0.3, -0.25) is 0 Å². The topological polar surface area (TPSA) is 85.9 Å². The van der Waals surface area contributed by atoms with Crippen LogP contribution in [0, 0.1) is 0 Å². The van der Waals surface area contributed by atoms with Crippen LogP contribution < -0.4 is 5.73 Å². The molecule has 2 heterocycles. The van der Waals surface area contributed by atoms with Crippen LogP contribution in [0.25, 0.3) is 0 Å². The summed E-state index contributed by atoms with van der Waals surface area (Å²) in [7, 11) is -2.89. The Morgan fingerprint density at radius 2 is 2.06 bits per heavy atom. The first-order valence-corrected chi connectivity index (χ1v) is 7.73. The lowest BCUT2D eigenvalue weighted by Gasteiger charge is -2.10. The quantitative estimate of drug-likeness (QED) is 0.785. The van der Waals surface area contributed by atoms with E-state index in [1.807, 2.05) is 0 Å². The summed E-state index contributed by atoms with van der Waals surface area (Å²) < 4.78 is 22.9. The predicted molar refractivity (Wildman–Crippen MR) is 64.5 cm³/mol. The van der Waals surface area contributed by atoms with Gasteiger partial charge >= 0.3 is 0 Å². The number of nitrogens with two attached hydrogens (primary N) is 1. The lowest BCUT2D eigenvalue weighted by atomic mass is 10.1. The van der Waals surface area contributed by atoms with E-state index < -0.39 is 9.84 Å². The van der Waals surface area contributed by atoms with Gasteiger partial charge in [-0.2, -0.15) is 0 Å². The summed E-state index contributed by atoms with van der Waals surface area (Å²) in [5, 5.41) is 0. The van der Waals surface area contributed by atoms with E-state index in [9.17, 15) is 8.42 Å². The fraction of sp³-hybridized carbons (Fsp3) is 0.636. The van der Waals surface area contributed by atoms with Crippen molar-refractivity contribution in [3.63, 3.8) is 0 Å². The summed E-state index contributed by atoms with van der Waals surface area (Å²) >= 11 is 0. The van der Waals surface area contributed by atoms with Crippen molar-refractivity contribution in [2.24, 2.45) is 0 Å². The number of fused-ring (bicyclic) bond motifs is 1. The van der Waals surface area contributed by atoms with Gasteiger partial charge in [0.25, 0.3) is 0 Å². The van der Waals surface area contributed by atoms with Gasteiger partial charge in [-0.15, -0.1) is 0 Å². The predicted octanol–water partition coefficient (Wildman–Crippen LogP) is 0.450. The fourth-order valence-electron chi connectivity index (χ4n) is 2.66. The third kappa shape index (κ3) is 1.90. The maximum absolute atomic E-state index is 11.4. The van der Waals surface area contributed by atoms with E-state index >= 15 is 0 Å². The van der Waals surface area contributed by atoms with Gasteiger partial charge in [0, 0.05) is 17.2 Å². The minimum Gasteiger partial charge on any atom is -0.383 e. The van der Waals surface area contributed by atoms with Crippen LogP contribution in [-0.2, 0) is 22.7 Å². The van der Waals surface area contributed by atoms with Gasteiger partial charge in [0.1, 0.15) is 11.6 Å². The third-order valence-corrected chi connectivity index (χ3v) is 5.35. The Balaban J connectivity index is 1.97. The van der Waals surface area contributed by atoms with Crippen molar-refractivity contribution in [3.8, 4) is 0 Å². The van der Waals surface area contributed by atoms with E-state index in [1.165, 1.54) is 0 Å².